The van der Waals surface area contributed by atoms with E-state index in [0.717, 1.165) is 16.2 Å². The predicted octanol–water partition coefficient (Wildman–Crippen LogP) is 0.000300. The van der Waals surface area contributed by atoms with E-state index in [9.17, 15) is 9.59 Å². The molecular formula is C14H15N5O3. The average molecular weight is 301 g/mol. The lowest BCUT2D eigenvalue weighted by molar-refractivity contribution is -0.143. The molecule has 0 bridgehead atoms. The van der Waals surface area contributed by atoms with Crippen molar-refractivity contribution >= 4 is 17.5 Å². The molecule has 2 amide bonds. The number of hydrogen-bond acceptors (Lipinski definition) is 7. The number of anilines is 1. The summed E-state index contributed by atoms with van der Waals surface area (Å²) >= 11 is 0. The Kier molecular flexibility index (Phi) is 3.60. The van der Waals surface area contributed by atoms with Crippen molar-refractivity contribution in [3.8, 4) is 11.4 Å². The number of nitrogens with two attached hydrogens (primary N) is 1. The Hall–Kier alpha value is -2.74. The van der Waals surface area contributed by atoms with Gasteiger partial charge in [-0.05, 0) is 12.1 Å². The summed E-state index contributed by atoms with van der Waals surface area (Å²) in [5.74, 6) is 0.317. The summed E-state index contributed by atoms with van der Waals surface area (Å²) in [6.07, 6.45) is 0. The van der Waals surface area contributed by atoms with E-state index in [1.807, 2.05) is 24.3 Å². The Morgan fingerprint density at radius 2 is 2.00 bits per heavy atom. The van der Waals surface area contributed by atoms with E-state index >= 15 is 0 Å². The molecule has 0 saturated carbocycles. The van der Waals surface area contributed by atoms with Crippen molar-refractivity contribution in [1.29, 1.82) is 0 Å². The van der Waals surface area contributed by atoms with Crippen LogP contribution in [0.3, 0.4) is 0 Å². The Morgan fingerprint density at radius 3 is 2.64 bits per heavy atom. The molecule has 1 aromatic carbocycles. The SMILES string of the molecule is CN1C(=O)CN(c2cccc(-c3noc(CN)n3)c2)CC1=O. The number of imide groups is 1. The van der Waals surface area contributed by atoms with Crippen molar-refractivity contribution in [3.63, 3.8) is 0 Å². The second kappa shape index (κ2) is 5.57. The van der Waals surface area contributed by atoms with E-state index < -0.39 is 0 Å². The molecule has 1 aromatic heterocycles. The average Bonchev–Trinajstić information content (AvgIpc) is 3.01. The third kappa shape index (κ3) is 2.56. The summed E-state index contributed by atoms with van der Waals surface area (Å²) in [6, 6.07) is 7.29. The van der Waals surface area contributed by atoms with E-state index in [1.54, 1.807) is 4.90 Å². The van der Waals surface area contributed by atoms with Crippen LogP contribution in [0.5, 0.6) is 0 Å². The maximum Gasteiger partial charge on any atom is 0.248 e. The fourth-order valence-corrected chi connectivity index (χ4v) is 2.21. The highest BCUT2D eigenvalue weighted by molar-refractivity contribution is 6.02. The van der Waals surface area contributed by atoms with Gasteiger partial charge >= 0.3 is 0 Å². The second-order valence-corrected chi connectivity index (χ2v) is 4.97. The number of rotatable bonds is 3. The quantitative estimate of drug-likeness (QED) is 0.795. The van der Waals surface area contributed by atoms with E-state index in [0.29, 0.717) is 11.7 Å². The molecule has 114 valence electrons. The highest BCUT2D eigenvalue weighted by Gasteiger charge is 2.28. The molecule has 1 aliphatic heterocycles. The fourth-order valence-electron chi connectivity index (χ4n) is 2.21. The first-order chi connectivity index (χ1) is 10.6. The maximum atomic E-state index is 11.8. The molecule has 2 heterocycles. The largest absolute Gasteiger partial charge is 0.353 e. The van der Waals surface area contributed by atoms with E-state index in [2.05, 4.69) is 10.1 Å². The minimum Gasteiger partial charge on any atom is -0.353 e. The van der Waals surface area contributed by atoms with Gasteiger partial charge in [-0.1, -0.05) is 17.3 Å². The third-order valence-corrected chi connectivity index (χ3v) is 3.51. The molecule has 0 aliphatic carbocycles. The summed E-state index contributed by atoms with van der Waals surface area (Å²) < 4.78 is 4.99. The van der Waals surface area contributed by atoms with E-state index in [-0.39, 0.29) is 31.4 Å². The minimum absolute atomic E-state index is 0.159. The molecule has 2 aromatic rings. The normalized spacial score (nSPS) is 15.5. The zero-order valence-corrected chi connectivity index (χ0v) is 12.0. The van der Waals surface area contributed by atoms with Gasteiger partial charge in [0.15, 0.2) is 0 Å². The number of carbonyl (C=O) groups excluding carboxylic acids is 2. The second-order valence-electron chi connectivity index (χ2n) is 4.97. The summed E-state index contributed by atoms with van der Waals surface area (Å²) in [5, 5.41) is 3.86. The smallest absolute Gasteiger partial charge is 0.248 e. The monoisotopic (exact) mass is 301 g/mol. The van der Waals surface area contributed by atoms with E-state index in [4.69, 9.17) is 10.3 Å². The lowest BCUT2D eigenvalue weighted by Crippen LogP contribution is -2.52. The Balaban J connectivity index is 1.88. The standard InChI is InChI=1S/C14H15N5O3/c1-18-12(20)7-19(8-13(18)21)10-4-2-3-9(5-10)14-16-11(6-15)22-17-14/h2-5H,6-8,15H2,1H3. The van der Waals surface area contributed by atoms with Gasteiger partial charge in [0.05, 0.1) is 19.6 Å². The van der Waals surface area contributed by atoms with Gasteiger partial charge in [-0.3, -0.25) is 14.5 Å². The van der Waals surface area contributed by atoms with E-state index in [1.165, 1.54) is 7.05 Å². The first-order valence-corrected chi connectivity index (χ1v) is 6.76. The van der Waals surface area contributed by atoms with Gasteiger partial charge in [0, 0.05) is 18.3 Å². The lowest BCUT2D eigenvalue weighted by Gasteiger charge is -2.32. The van der Waals surface area contributed by atoms with Crippen LogP contribution in [0, 0.1) is 0 Å². The number of amides is 2. The van der Waals surface area contributed by atoms with Crippen LogP contribution >= 0.6 is 0 Å². The highest BCUT2D eigenvalue weighted by Crippen LogP contribution is 2.24. The van der Waals surface area contributed by atoms with Gasteiger partial charge in [-0.15, -0.1) is 0 Å². The van der Waals surface area contributed by atoms with Crippen LogP contribution in [0.15, 0.2) is 28.8 Å². The number of nitrogens with zero attached hydrogens (tertiary/aromatic N) is 4. The van der Waals surface area contributed by atoms with Crippen molar-refractivity contribution < 1.29 is 14.1 Å². The Labute approximate surface area is 126 Å². The Bertz CT molecular complexity index is 709. The molecule has 1 saturated heterocycles. The fraction of sp³-hybridized carbons (Fsp3) is 0.286. The van der Waals surface area contributed by atoms with Gasteiger partial charge in [0.25, 0.3) is 0 Å². The molecule has 0 spiro atoms. The van der Waals surface area contributed by atoms with Crippen molar-refractivity contribution in [2.24, 2.45) is 5.73 Å². The molecule has 1 aliphatic rings. The Morgan fingerprint density at radius 1 is 1.27 bits per heavy atom. The molecule has 8 nitrogen and oxygen atoms in total. The molecule has 1 fully saturated rings. The van der Waals surface area contributed by atoms with Crippen molar-refractivity contribution in [3.05, 3.63) is 30.2 Å². The van der Waals surface area contributed by atoms with Crippen LogP contribution in [-0.4, -0.2) is 47.0 Å². The highest BCUT2D eigenvalue weighted by atomic mass is 16.5. The molecule has 2 N–H and O–H groups in total. The number of carbonyl (C=O) groups is 2. The molecule has 22 heavy (non-hydrogen) atoms. The van der Waals surface area contributed by atoms with Crippen LogP contribution in [0.4, 0.5) is 5.69 Å². The van der Waals surface area contributed by atoms with Crippen molar-refractivity contribution in [1.82, 2.24) is 15.0 Å². The molecular weight excluding hydrogens is 286 g/mol. The van der Waals surface area contributed by atoms with Crippen LogP contribution in [0.25, 0.3) is 11.4 Å². The minimum atomic E-state index is -0.230. The number of hydrogen-bond donors (Lipinski definition) is 1. The molecule has 0 unspecified atom stereocenters. The zero-order chi connectivity index (χ0) is 15.7. The first-order valence-electron chi connectivity index (χ1n) is 6.76. The maximum absolute atomic E-state index is 11.8. The van der Waals surface area contributed by atoms with Crippen LogP contribution in [0.2, 0.25) is 0 Å². The molecule has 0 atom stereocenters. The van der Waals surface area contributed by atoms with Crippen LogP contribution in [0.1, 0.15) is 5.89 Å². The number of piperazine rings is 1. The number of benzene rings is 1. The predicted molar refractivity (Wildman–Crippen MR) is 77.6 cm³/mol. The topological polar surface area (TPSA) is 106 Å². The van der Waals surface area contributed by atoms with Gasteiger partial charge in [-0.25, -0.2) is 0 Å². The molecule has 8 heteroatoms. The molecule has 3 rings (SSSR count). The molecule has 0 radical (unpaired) electrons. The van der Waals surface area contributed by atoms with Gasteiger partial charge in [0.2, 0.25) is 23.5 Å². The lowest BCUT2D eigenvalue weighted by atomic mass is 10.1. The third-order valence-electron chi connectivity index (χ3n) is 3.51. The summed E-state index contributed by atoms with van der Waals surface area (Å²) in [6.45, 7) is 0.492. The van der Waals surface area contributed by atoms with Crippen LogP contribution < -0.4 is 10.6 Å². The summed E-state index contributed by atoms with van der Waals surface area (Å²) in [5.41, 5.74) is 6.94. The van der Waals surface area contributed by atoms with Crippen LogP contribution in [-0.2, 0) is 16.1 Å². The van der Waals surface area contributed by atoms with Gasteiger partial charge in [0.1, 0.15) is 0 Å². The van der Waals surface area contributed by atoms with Crippen molar-refractivity contribution in [2.75, 3.05) is 25.0 Å². The zero-order valence-electron chi connectivity index (χ0n) is 12.0. The van der Waals surface area contributed by atoms with Crippen molar-refractivity contribution in [2.45, 2.75) is 6.54 Å². The van der Waals surface area contributed by atoms with Gasteiger partial charge < -0.3 is 15.2 Å². The summed E-state index contributed by atoms with van der Waals surface area (Å²) in [4.78, 5) is 30.6. The number of aromatic nitrogens is 2. The summed E-state index contributed by atoms with van der Waals surface area (Å²) in [7, 11) is 1.49. The number of likely N-dealkylation sites (N-methyl/N-ethyl adjacent to an activating group) is 1. The first kappa shape index (κ1) is 14.2. The van der Waals surface area contributed by atoms with Gasteiger partial charge in [-0.2, -0.15) is 4.98 Å².